The van der Waals surface area contributed by atoms with E-state index in [0.717, 1.165) is 24.8 Å². The summed E-state index contributed by atoms with van der Waals surface area (Å²) in [5.41, 5.74) is 0. The summed E-state index contributed by atoms with van der Waals surface area (Å²) < 4.78 is 6.96. The Morgan fingerprint density at radius 3 is 2.87 bits per heavy atom. The molecule has 1 aliphatic heterocycles. The molecular weight excluding hydrogens is 255 g/mol. The third-order valence-corrected chi connectivity index (χ3v) is 4.87. The third-order valence-electron chi connectivity index (χ3n) is 2.56. The number of hydrogen-bond donors (Lipinski definition) is 1. The van der Waals surface area contributed by atoms with Crippen molar-refractivity contribution in [2.24, 2.45) is 0 Å². The third kappa shape index (κ3) is 3.32. The Balaban J connectivity index is 1.82. The number of hydrogen-bond acceptors (Lipinski definition) is 2. The fourth-order valence-electron chi connectivity index (χ4n) is 1.68. The SMILES string of the molecule is O[C@@H]1CCCO[C@@H]1C[Se]c1ccccc1. The van der Waals surface area contributed by atoms with Gasteiger partial charge in [-0.3, -0.25) is 0 Å². The molecule has 1 aromatic carbocycles. The molecule has 3 heteroatoms. The van der Waals surface area contributed by atoms with Crippen LogP contribution in [0.25, 0.3) is 0 Å². The van der Waals surface area contributed by atoms with Crippen LogP contribution in [0, 0.1) is 0 Å². The summed E-state index contributed by atoms with van der Waals surface area (Å²) in [6.07, 6.45) is 1.72. The Hall–Kier alpha value is -0.341. The average Bonchev–Trinajstić information content (AvgIpc) is 2.29. The maximum atomic E-state index is 9.73. The van der Waals surface area contributed by atoms with Crippen molar-refractivity contribution in [2.75, 3.05) is 6.61 Å². The van der Waals surface area contributed by atoms with Crippen molar-refractivity contribution in [2.45, 2.75) is 30.4 Å². The van der Waals surface area contributed by atoms with Gasteiger partial charge in [0, 0.05) is 0 Å². The van der Waals surface area contributed by atoms with Crippen molar-refractivity contribution < 1.29 is 9.84 Å². The normalized spacial score (nSPS) is 26.5. The van der Waals surface area contributed by atoms with Gasteiger partial charge in [0.2, 0.25) is 0 Å². The minimum absolute atomic E-state index is 0.0685. The summed E-state index contributed by atoms with van der Waals surface area (Å²) in [5.74, 6) is 0. The fourth-order valence-corrected chi connectivity index (χ4v) is 3.83. The van der Waals surface area contributed by atoms with Crippen molar-refractivity contribution in [3.05, 3.63) is 30.3 Å². The zero-order chi connectivity index (χ0) is 10.5. The molecule has 0 aliphatic carbocycles. The monoisotopic (exact) mass is 272 g/mol. The van der Waals surface area contributed by atoms with Gasteiger partial charge < -0.3 is 0 Å². The van der Waals surface area contributed by atoms with E-state index in [1.54, 1.807) is 0 Å². The van der Waals surface area contributed by atoms with Crippen molar-refractivity contribution in [1.82, 2.24) is 0 Å². The van der Waals surface area contributed by atoms with Crippen LogP contribution >= 0.6 is 0 Å². The summed E-state index contributed by atoms with van der Waals surface area (Å²) in [5, 5.41) is 10.7. The van der Waals surface area contributed by atoms with Crippen LogP contribution < -0.4 is 4.46 Å². The number of ether oxygens (including phenoxy) is 1. The van der Waals surface area contributed by atoms with Gasteiger partial charge in [-0.2, -0.15) is 0 Å². The number of rotatable bonds is 3. The minimum atomic E-state index is -0.246. The van der Waals surface area contributed by atoms with Crippen LogP contribution in [0.15, 0.2) is 30.3 Å². The Morgan fingerprint density at radius 2 is 2.13 bits per heavy atom. The first-order chi connectivity index (χ1) is 7.36. The van der Waals surface area contributed by atoms with E-state index in [1.807, 2.05) is 6.07 Å². The van der Waals surface area contributed by atoms with Crippen LogP contribution in [-0.4, -0.2) is 38.9 Å². The van der Waals surface area contributed by atoms with E-state index >= 15 is 0 Å². The molecule has 0 unspecified atom stereocenters. The summed E-state index contributed by atoms with van der Waals surface area (Å²) in [7, 11) is 0. The average molecular weight is 271 g/mol. The predicted molar refractivity (Wildman–Crippen MR) is 61.6 cm³/mol. The Bertz CT molecular complexity index is 289. The summed E-state index contributed by atoms with van der Waals surface area (Å²) >= 11 is 0.421. The van der Waals surface area contributed by atoms with Crippen LogP contribution in [0.5, 0.6) is 0 Å². The molecule has 1 aliphatic rings. The molecule has 2 nitrogen and oxygen atoms in total. The molecule has 1 fully saturated rings. The molecule has 0 bridgehead atoms. The van der Waals surface area contributed by atoms with Crippen LogP contribution in [0.1, 0.15) is 12.8 Å². The van der Waals surface area contributed by atoms with Gasteiger partial charge >= 0.3 is 96.6 Å². The zero-order valence-electron chi connectivity index (χ0n) is 8.63. The van der Waals surface area contributed by atoms with Crippen LogP contribution in [0.3, 0.4) is 0 Å². The van der Waals surface area contributed by atoms with Gasteiger partial charge in [0.15, 0.2) is 0 Å². The molecule has 15 heavy (non-hydrogen) atoms. The van der Waals surface area contributed by atoms with Crippen molar-refractivity contribution in [3.8, 4) is 0 Å². The first kappa shape index (κ1) is 11.2. The van der Waals surface area contributed by atoms with Crippen molar-refractivity contribution >= 4 is 19.4 Å². The molecule has 0 aromatic heterocycles. The van der Waals surface area contributed by atoms with Crippen LogP contribution in [0.2, 0.25) is 5.32 Å². The molecule has 82 valence electrons. The molecule has 0 radical (unpaired) electrons. The Kier molecular flexibility index (Phi) is 4.21. The van der Waals surface area contributed by atoms with E-state index < -0.39 is 0 Å². The first-order valence-corrected chi connectivity index (χ1v) is 7.40. The second-order valence-electron chi connectivity index (χ2n) is 3.74. The van der Waals surface area contributed by atoms with Crippen molar-refractivity contribution in [1.29, 1.82) is 0 Å². The van der Waals surface area contributed by atoms with Crippen LogP contribution in [-0.2, 0) is 4.74 Å². The van der Waals surface area contributed by atoms with Gasteiger partial charge in [-0.25, -0.2) is 0 Å². The van der Waals surface area contributed by atoms with Gasteiger partial charge in [-0.05, 0) is 0 Å². The number of aliphatic hydroxyl groups is 1. The zero-order valence-corrected chi connectivity index (χ0v) is 10.3. The first-order valence-electron chi connectivity index (χ1n) is 5.34. The van der Waals surface area contributed by atoms with E-state index in [1.165, 1.54) is 4.46 Å². The van der Waals surface area contributed by atoms with Crippen LogP contribution in [0.4, 0.5) is 0 Å². The number of aliphatic hydroxyl groups excluding tert-OH is 1. The van der Waals surface area contributed by atoms with E-state index in [-0.39, 0.29) is 12.2 Å². The molecule has 0 saturated carbocycles. The molecule has 1 aromatic rings. The fraction of sp³-hybridized carbons (Fsp3) is 0.500. The molecule has 2 atom stereocenters. The van der Waals surface area contributed by atoms with Gasteiger partial charge in [0.1, 0.15) is 0 Å². The van der Waals surface area contributed by atoms with E-state index in [4.69, 9.17) is 4.74 Å². The molecule has 2 rings (SSSR count). The number of benzene rings is 1. The second kappa shape index (κ2) is 5.66. The van der Waals surface area contributed by atoms with Crippen molar-refractivity contribution in [3.63, 3.8) is 0 Å². The van der Waals surface area contributed by atoms with E-state index in [9.17, 15) is 5.11 Å². The predicted octanol–water partition coefficient (Wildman–Crippen LogP) is 0.974. The molecule has 1 N–H and O–H groups in total. The maximum absolute atomic E-state index is 9.73. The molecule has 1 saturated heterocycles. The van der Waals surface area contributed by atoms with Gasteiger partial charge in [-0.15, -0.1) is 0 Å². The quantitative estimate of drug-likeness (QED) is 0.830. The molecule has 0 amide bonds. The topological polar surface area (TPSA) is 29.5 Å². The summed E-state index contributed by atoms with van der Waals surface area (Å²) in [6, 6.07) is 10.5. The molecule has 1 heterocycles. The molecular formula is C12H16O2Se. The van der Waals surface area contributed by atoms with E-state index in [2.05, 4.69) is 24.3 Å². The standard InChI is InChI=1S/C12H16O2Se/c13-11-7-4-8-14-12(11)9-15-10-5-2-1-3-6-10/h1-3,5-6,11-13H,4,7-9H2/t11-,12-/m1/s1. The summed E-state index contributed by atoms with van der Waals surface area (Å²) in [6.45, 7) is 0.812. The van der Waals surface area contributed by atoms with Gasteiger partial charge in [-0.1, -0.05) is 0 Å². The molecule has 0 spiro atoms. The Labute approximate surface area is 96.8 Å². The summed E-state index contributed by atoms with van der Waals surface area (Å²) in [4.78, 5) is 0. The van der Waals surface area contributed by atoms with Gasteiger partial charge in [0.05, 0.1) is 0 Å². The second-order valence-corrected chi connectivity index (χ2v) is 6.04. The van der Waals surface area contributed by atoms with E-state index in [0.29, 0.717) is 15.0 Å². The van der Waals surface area contributed by atoms with Gasteiger partial charge in [0.25, 0.3) is 0 Å². The Morgan fingerprint density at radius 1 is 1.33 bits per heavy atom.